The maximum atomic E-state index is 12.5. The van der Waals surface area contributed by atoms with Gasteiger partial charge in [0.1, 0.15) is 12.0 Å². The van der Waals surface area contributed by atoms with Gasteiger partial charge < -0.3 is 10.2 Å². The summed E-state index contributed by atoms with van der Waals surface area (Å²) >= 11 is 0. The highest BCUT2D eigenvalue weighted by atomic mass is 16.3. The Labute approximate surface area is 116 Å². The molecule has 4 nitrogen and oxygen atoms in total. The number of allylic oxidation sites excluding steroid dienone is 4. The van der Waals surface area contributed by atoms with E-state index < -0.39 is 11.9 Å². The molecule has 0 spiro atoms. The Kier molecular flexibility index (Phi) is 3.68. The van der Waals surface area contributed by atoms with Crippen molar-refractivity contribution in [2.75, 3.05) is 0 Å². The summed E-state index contributed by atoms with van der Waals surface area (Å²) in [4.78, 5) is 22.9. The average Bonchev–Trinajstić information content (AvgIpc) is 2.40. The molecule has 4 heteroatoms. The van der Waals surface area contributed by atoms with Crippen LogP contribution in [0.2, 0.25) is 0 Å². The van der Waals surface area contributed by atoms with Crippen LogP contribution in [0.1, 0.15) is 22.8 Å². The molecule has 0 bridgehead atoms. The number of hydrogen-bond donors (Lipinski definition) is 2. The van der Waals surface area contributed by atoms with E-state index in [0.717, 1.165) is 0 Å². The third-order valence-electron chi connectivity index (χ3n) is 3.21. The Morgan fingerprint density at radius 1 is 1.35 bits per heavy atom. The normalized spacial score (nSPS) is 16.5. The number of aliphatic hydroxyl groups is 1. The van der Waals surface area contributed by atoms with E-state index in [2.05, 4.69) is 6.58 Å². The van der Waals surface area contributed by atoms with Crippen molar-refractivity contribution < 1.29 is 19.8 Å². The summed E-state index contributed by atoms with van der Waals surface area (Å²) in [6.45, 7) is 5.36. The van der Waals surface area contributed by atoms with E-state index in [9.17, 15) is 19.8 Å². The number of benzene rings is 1. The van der Waals surface area contributed by atoms with Crippen LogP contribution in [-0.2, 0) is 4.79 Å². The van der Waals surface area contributed by atoms with Gasteiger partial charge in [0.05, 0.1) is 11.7 Å². The standard InChI is InChI=1S/C16H14O4/c1-9-11(6-4-8-17)14(10(2)18)16(20)15-12(9)5-3-7-13(15)19/h3-8,10,18-19H,1H2,2H3/b6-4+. The maximum absolute atomic E-state index is 12.5. The summed E-state index contributed by atoms with van der Waals surface area (Å²) in [7, 11) is 0. The third-order valence-corrected chi connectivity index (χ3v) is 3.21. The second-order valence-corrected chi connectivity index (χ2v) is 4.51. The quantitative estimate of drug-likeness (QED) is 0.651. The first-order valence-corrected chi connectivity index (χ1v) is 6.09. The van der Waals surface area contributed by atoms with Crippen molar-refractivity contribution >= 4 is 17.6 Å². The highest BCUT2D eigenvalue weighted by Crippen LogP contribution is 2.39. The Morgan fingerprint density at radius 2 is 2.05 bits per heavy atom. The van der Waals surface area contributed by atoms with Crippen LogP contribution in [0.5, 0.6) is 5.75 Å². The van der Waals surface area contributed by atoms with Crippen molar-refractivity contribution in [3.05, 3.63) is 59.2 Å². The molecule has 1 aliphatic carbocycles. The second-order valence-electron chi connectivity index (χ2n) is 4.51. The summed E-state index contributed by atoms with van der Waals surface area (Å²) in [5, 5.41) is 19.7. The SMILES string of the molecule is C=C1C(/C=C/C=O)=C(C(C)O)C(=O)c2c(O)cccc21. The molecule has 0 saturated heterocycles. The van der Waals surface area contributed by atoms with Crippen LogP contribution in [0.4, 0.5) is 0 Å². The first-order chi connectivity index (χ1) is 9.49. The van der Waals surface area contributed by atoms with Crippen molar-refractivity contribution in [3.63, 3.8) is 0 Å². The van der Waals surface area contributed by atoms with Gasteiger partial charge in [-0.05, 0) is 35.8 Å². The Hall–Kier alpha value is -2.46. The van der Waals surface area contributed by atoms with Gasteiger partial charge in [-0.25, -0.2) is 0 Å². The van der Waals surface area contributed by atoms with Gasteiger partial charge in [0.2, 0.25) is 0 Å². The van der Waals surface area contributed by atoms with Gasteiger partial charge >= 0.3 is 0 Å². The smallest absolute Gasteiger partial charge is 0.196 e. The fraction of sp³-hybridized carbons (Fsp3) is 0.125. The Bertz CT molecular complexity index is 663. The van der Waals surface area contributed by atoms with E-state index in [-0.39, 0.29) is 16.9 Å². The molecule has 0 heterocycles. The van der Waals surface area contributed by atoms with Crippen molar-refractivity contribution in [1.29, 1.82) is 0 Å². The van der Waals surface area contributed by atoms with Crippen molar-refractivity contribution in [2.24, 2.45) is 0 Å². The lowest BCUT2D eigenvalue weighted by molar-refractivity contribution is -0.104. The lowest BCUT2D eigenvalue weighted by Gasteiger charge is -2.24. The fourth-order valence-corrected chi connectivity index (χ4v) is 2.34. The molecule has 2 N–H and O–H groups in total. The number of rotatable bonds is 3. The molecule has 1 aromatic rings. The molecule has 0 fully saturated rings. The molecule has 0 radical (unpaired) electrons. The Morgan fingerprint density at radius 3 is 2.65 bits per heavy atom. The molecular weight excluding hydrogens is 256 g/mol. The number of carbonyl (C=O) groups excluding carboxylic acids is 2. The van der Waals surface area contributed by atoms with Crippen molar-refractivity contribution in [1.82, 2.24) is 0 Å². The van der Waals surface area contributed by atoms with Gasteiger partial charge in [0, 0.05) is 5.57 Å². The minimum absolute atomic E-state index is 0.127. The number of Topliss-reactive ketones (excluding diaryl/α,β-unsaturated/α-hetero) is 1. The molecule has 0 aliphatic heterocycles. The maximum Gasteiger partial charge on any atom is 0.196 e. The van der Waals surface area contributed by atoms with Crippen LogP contribution < -0.4 is 0 Å². The molecule has 0 amide bonds. The zero-order valence-electron chi connectivity index (χ0n) is 11.0. The summed E-state index contributed by atoms with van der Waals surface area (Å²) in [5.41, 5.74) is 1.67. The predicted octanol–water partition coefficient (Wildman–Crippen LogP) is 2.03. The van der Waals surface area contributed by atoms with Gasteiger partial charge in [-0.2, -0.15) is 0 Å². The first-order valence-electron chi connectivity index (χ1n) is 6.09. The summed E-state index contributed by atoms with van der Waals surface area (Å²) in [6.07, 6.45) is 2.24. The van der Waals surface area contributed by atoms with Crippen LogP contribution >= 0.6 is 0 Å². The molecule has 1 aliphatic rings. The highest BCUT2D eigenvalue weighted by molar-refractivity contribution is 6.19. The summed E-state index contributed by atoms with van der Waals surface area (Å²) in [6, 6.07) is 4.69. The minimum Gasteiger partial charge on any atom is -0.507 e. The number of ketones is 1. The predicted molar refractivity (Wildman–Crippen MR) is 75.4 cm³/mol. The molecule has 2 rings (SSSR count). The van der Waals surface area contributed by atoms with E-state index in [0.29, 0.717) is 23.0 Å². The van der Waals surface area contributed by atoms with Crippen molar-refractivity contribution in [3.8, 4) is 5.75 Å². The van der Waals surface area contributed by atoms with Gasteiger partial charge in [-0.15, -0.1) is 0 Å². The highest BCUT2D eigenvalue weighted by Gasteiger charge is 2.31. The largest absolute Gasteiger partial charge is 0.507 e. The molecule has 1 aromatic carbocycles. The minimum atomic E-state index is -1.03. The first kappa shape index (κ1) is 14.0. The van der Waals surface area contributed by atoms with Crippen LogP contribution in [-0.4, -0.2) is 28.4 Å². The number of carbonyl (C=O) groups is 2. The monoisotopic (exact) mass is 270 g/mol. The van der Waals surface area contributed by atoms with E-state index in [1.54, 1.807) is 12.1 Å². The van der Waals surface area contributed by atoms with Crippen molar-refractivity contribution in [2.45, 2.75) is 13.0 Å². The zero-order chi connectivity index (χ0) is 14.9. The fourth-order valence-electron chi connectivity index (χ4n) is 2.34. The van der Waals surface area contributed by atoms with Crippen LogP contribution in [0, 0.1) is 0 Å². The molecule has 0 saturated carbocycles. The number of fused-ring (bicyclic) bond motifs is 1. The van der Waals surface area contributed by atoms with Crippen LogP contribution in [0.15, 0.2) is 48.1 Å². The number of phenols is 1. The van der Waals surface area contributed by atoms with Gasteiger partial charge in [-0.3, -0.25) is 9.59 Å². The van der Waals surface area contributed by atoms with Crippen LogP contribution in [0.3, 0.4) is 0 Å². The van der Waals surface area contributed by atoms with Gasteiger partial charge in [0.25, 0.3) is 0 Å². The summed E-state index contributed by atoms with van der Waals surface area (Å²) in [5.74, 6) is -0.601. The van der Waals surface area contributed by atoms with Gasteiger partial charge in [-0.1, -0.05) is 24.8 Å². The lowest BCUT2D eigenvalue weighted by Crippen LogP contribution is -2.22. The molecule has 20 heavy (non-hydrogen) atoms. The zero-order valence-corrected chi connectivity index (χ0v) is 11.0. The topological polar surface area (TPSA) is 74.6 Å². The van der Waals surface area contributed by atoms with E-state index in [1.165, 1.54) is 25.1 Å². The lowest BCUT2D eigenvalue weighted by atomic mass is 9.79. The van der Waals surface area contributed by atoms with Crippen LogP contribution in [0.25, 0.3) is 5.57 Å². The van der Waals surface area contributed by atoms with Gasteiger partial charge in [0.15, 0.2) is 5.78 Å². The van der Waals surface area contributed by atoms with E-state index >= 15 is 0 Å². The second kappa shape index (κ2) is 5.27. The third kappa shape index (κ3) is 2.10. The van der Waals surface area contributed by atoms with E-state index in [1.807, 2.05) is 0 Å². The Balaban J connectivity index is 2.74. The molecule has 102 valence electrons. The molecule has 1 atom stereocenters. The number of phenolic OH excluding ortho intramolecular Hbond substituents is 1. The summed E-state index contributed by atoms with van der Waals surface area (Å²) < 4.78 is 0. The number of hydrogen-bond acceptors (Lipinski definition) is 4. The number of aromatic hydroxyl groups is 1. The number of aliphatic hydroxyl groups excluding tert-OH is 1. The molecule has 1 unspecified atom stereocenters. The average molecular weight is 270 g/mol. The molecular formula is C16H14O4. The van der Waals surface area contributed by atoms with E-state index in [4.69, 9.17) is 0 Å². The molecule has 0 aromatic heterocycles. The number of aldehydes is 1.